The minimum Gasteiger partial charge on any atom is -0.399 e. The molecule has 1 heterocycles. The van der Waals surface area contributed by atoms with Crippen molar-refractivity contribution in [2.24, 2.45) is 5.92 Å². The first-order valence-corrected chi connectivity index (χ1v) is 5.56. The lowest BCUT2D eigenvalue weighted by atomic mass is 9.96. The predicted molar refractivity (Wildman–Crippen MR) is 64.3 cm³/mol. The number of anilines is 1. The zero-order valence-electron chi connectivity index (χ0n) is 9.60. The molecule has 0 atom stereocenters. The number of amides is 4. The molecule has 1 aliphatic heterocycles. The zero-order chi connectivity index (χ0) is 13.1. The van der Waals surface area contributed by atoms with Gasteiger partial charge in [0.25, 0.3) is 0 Å². The van der Waals surface area contributed by atoms with Gasteiger partial charge < -0.3 is 5.73 Å². The van der Waals surface area contributed by atoms with Crippen LogP contribution in [0.1, 0.15) is 12.0 Å². The molecule has 1 fully saturated rings. The molecule has 0 saturated carbocycles. The number of carbonyl (C=O) groups excluding carboxylic acids is 3. The molecule has 6 heteroatoms. The van der Waals surface area contributed by atoms with E-state index in [0.717, 1.165) is 5.56 Å². The highest BCUT2D eigenvalue weighted by Gasteiger charge is 2.33. The van der Waals surface area contributed by atoms with Gasteiger partial charge in [-0.1, -0.05) is 12.1 Å². The standard InChI is InChI=1S/C12H13N3O3/c13-8-3-1-2-7(6-8)4-5-9-10(16)14-12(18)15-11(9)17/h1-3,6,9H,4-5,13H2,(H2,14,15,16,17,18). The van der Waals surface area contributed by atoms with Crippen LogP contribution in [0.2, 0.25) is 0 Å². The number of barbiturate groups is 1. The third-order valence-electron chi connectivity index (χ3n) is 2.78. The van der Waals surface area contributed by atoms with Crippen molar-refractivity contribution in [3.8, 4) is 0 Å². The maximum Gasteiger partial charge on any atom is 0.328 e. The van der Waals surface area contributed by atoms with E-state index in [1.54, 1.807) is 12.1 Å². The number of hydrogen-bond donors (Lipinski definition) is 3. The summed E-state index contributed by atoms with van der Waals surface area (Å²) in [6.07, 6.45) is 0.888. The van der Waals surface area contributed by atoms with E-state index in [1.807, 2.05) is 12.1 Å². The highest BCUT2D eigenvalue weighted by atomic mass is 16.2. The SMILES string of the molecule is Nc1cccc(CCC2C(=O)NC(=O)NC2=O)c1. The molecule has 2 rings (SSSR count). The number of nitrogens with two attached hydrogens (primary N) is 1. The van der Waals surface area contributed by atoms with Gasteiger partial charge in [0.15, 0.2) is 0 Å². The second-order valence-corrected chi connectivity index (χ2v) is 4.14. The molecule has 0 bridgehead atoms. The van der Waals surface area contributed by atoms with Crippen molar-refractivity contribution in [1.82, 2.24) is 10.6 Å². The highest BCUT2D eigenvalue weighted by molar-refractivity contribution is 6.16. The first-order valence-electron chi connectivity index (χ1n) is 5.56. The molecule has 1 aliphatic rings. The van der Waals surface area contributed by atoms with Gasteiger partial charge in [-0.05, 0) is 30.5 Å². The van der Waals surface area contributed by atoms with Crippen molar-refractivity contribution in [2.75, 3.05) is 5.73 Å². The fourth-order valence-corrected chi connectivity index (χ4v) is 1.87. The molecule has 94 valence electrons. The van der Waals surface area contributed by atoms with Crippen LogP contribution in [0.15, 0.2) is 24.3 Å². The number of carbonyl (C=O) groups is 3. The molecule has 4 N–H and O–H groups in total. The summed E-state index contributed by atoms with van der Waals surface area (Å²) in [5.41, 5.74) is 7.23. The molecule has 1 aromatic carbocycles. The first kappa shape index (κ1) is 12.1. The molecule has 1 aromatic rings. The molecule has 6 nitrogen and oxygen atoms in total. The highest BCUT2D eigenvalue weighted by Crippen LogP contribution is 2.14. The Kier molecular flexibility index (Phi) is 3.27. The third kappa shape index (κ3) is 2.65. The maximum atomic E-state index is 11.5. The quantitative estimate of drug-likeness (QED) is 0.524. The van der Waals surface area contributed by atoms with E-state index in [0.29, 0.717) is 18.5 Å². The molecule has 1 saturated heterocycles. The summed E-state index contributed by atoms with van der Waals surface area (Å²) in [5, 5.41) is 4.15. The van der Waals surface area contributed by atoms with Gasteiger partial charge in [-0.3, -0.25) is 20.2 Å². The van der Waals surface area contributed by atoms with E-state index in [-0.39, 0.29) is 0 Å². The Bertz CT molecular complexity index is 493. The summed E-state index contributed by atoms with van der Waals surface area (Å²) < 4.78 is 0. The Labute approximate surface area is 104 Å². The van der Waals surface area contributed by atoms with E-state index >= 15 is 0 Å². The monoisotopic (exact) mass is 247 g/mol. The lowest BCUT2D eigenvalue weighted by Crippen LogP contribution is -2.55. The van der Waals surface area contributed by atoms with Gasteiger partial charge in [0.05, 0.1) is 0 Å². The van der Waals surface area contributed by atoms with Crippen LogP contribution in [0.5, 0.6) is 0 Å². The van der Waals surface area contributed by atoms with Crippen molar-refractivity contribution in [3.05, 3.63) is 29.8 Å². The van der Waals surface area contributed by atoms with Gasteiger partial charge in [0.1, 0.15) is 5.92 Å². The topological polar surface area (TPSA) is 101 Å². The maximum absolute atomic E-state index is 11.5. The van der Waals surface area contributed by atoms with Gasteiger partial charge in [-0.15, -0.1) is 0 Å². The Hall–Kier alpha value is -2.37. The minimum atomic E-state index is -0.830. The summed E-state index contributed by atoms with van der Waals surface area (Å²) in [4.78, 5) is 33.8. The Balaban J connectivity index is 1.99. The van der Waals surface area contributed by atoms with Crippen LogP contribution in [-0.4, -0.2) is 17.8 Å². The fourth-order valence-electron chi connectivity index (χ4n) is 1.87. The first-order chi connectivity index (χ1) is 8.56. The molecule has 0 radical (unpaired) electrons. The Morgan fingerprint density at radius 3 is 2.39 bits per heavy atom. The predicted octanol–water partition coefficient (Wildman–Crippen LogP) is 0.184. The molecular formula is C12H13N3O3. The second-order valence-electron chi connectivity index (χ2n) is 4.14. The van der Waals surface area contributed by atoms with E-state index in [9.17, 15) is 14.4 Å². The van der Waals surface area contributed by atoms with Gasteiger partial charge in [-0.2, -0.15) is 0 Å². The molecule has 0 unspecified atom stereocenters. The van der Waals surface area contributed by atoms with Crippen LogP contribution in [0.4, 0.5) is 10.5 Å². The summed E-state index contributed by atoms with van der Waals surface area (Å²) >= 11 is 0. The van der Waals surface area contributed by atoms with Crippen LogP contribution >= 0.6 is 0 Å². The van der Waals surface area contributed by atoms with Crippen LogP contribution < -0.4 is 16.4 Å². The molecular weight excluding hydrogens is 234 g/mol. The summed E-state index contributed by atoms with van der Waals surface area (Å²) in [6.45, 7) is 0. The Morgan fingerprint density at radius 2 is 1.78 bits per heavy atom. The van der Waals surface area contributed by atoms with Crippen LogP contribution in [0.3, 0.4) is 0 Å². The second kappa shape index (κ2) is 4.87. The third-order valence-corrected chi connectivity index (χ3v) is 2.78. The Morgan fingerprint density at radius 1 is 1.11 bits per heavy atom. The fraction of sp³-hybridized carbons (Fsp3) is 0.250. The number of aryl methyl sites for hydroxylation is 1. The van der Waals surface area contributed by atoms with Crippen molar-refractivity contribution < 1.29 is 14.4 Å². The van der Waals surface area contributed by atoms with E-state index in [2.05, 4.69) is 10.6 Å². The average molecular weight is 247 g/mol. The van der Waals surface area contributed by atoms with Crippen molar-refractivity contribution in [3.63, 3.8) is 0 Å². The number of nitrogen functional groups attached to an aromatic ring is 1. The lowest BCUT2D eigenvalue weighted by molar-refractivity contribution is -0.136. The van der Waals surface area contributed by atoms with Crippen molar-refractivity contribution in [2.45, 2.75) is 12.8 Å². The number of urea groups is 1. The minimum absolute atomic E-state index is 0.342. The van der Waals surface area contributed by atoms with E-state index in [4.69, 9.17) is 5.73 Å². The molecule has 0 aromatic heterocycles. The summed E-state index contributed by atoms with van der Waals surface area (Å²) in [6, 6.07) is 6.49. The number of rotatable bonds is 3. The summed E-state index contributed by atoms with van der Waals surface area (Å²) in [7, 11) is 0. The van der Waals surface area contributed by atoms with Crippen LogP contribution in [0, 0.1) is 5.92 Å². The van der Waals surface area contributed by atoms with Crippen molar-refractivity contribution >= 4 is 23.5 Å². The number of benzene rings is 1. The van der Waals surface area contributed by atoms with Crippen LogP contribution in [-0.2, 0) is 16.0 Å². The lowest BCUT2D eigenvalue weighted by Gasteiger charge is -2.20. The molecule has 0 spiro atoms. The average Bonchev–Trinajstić information content (AvgIpc) is 2.27. The number of hydrogen-bond acceptors (Lipinski definition) is 4. The number of nitrogens with one attached hydrogen (secondary N) is 2. The van der Waals surface area contributed by atoms with Gasteiger partial charge >= 0.3 is 6.03 Å². The molecule has 4 amide bonds. The van der Waals surface area contributed by atoms with Gasteiger partial charge in [-0.25, -0.2) is 4.79 Å². The largest absolute Gasteiger partial charge is 0.399 e. The van der Waals surface area contributed by atoms with E-state index in [1.165, 1.54) is 0 Å². The summed E-state index contributed by atoms with van der Waals surface area (Å²) in [5.74, 6) is -1.93. The van der Waals surface area contributed by atoms with Gasteiger partial charge in [0.2, 0.25) is 11.8 Å². The number of imide groups is 2. The van der Waals surface area contributed by atoms with E-state index < -0.39 is 23.8 Å². The normalized spacial score (nSPS) is 16.3. The molecule has 18 heavy (non-hydrogen) atoms. The smallest absolute Gasteiger partial charge is 0.328 e. The van der Waals surface area contributed by atoms with Crippen molar-refractivity contribution in [1.29, 1.82) is 0 Å². The zero-order valence-corrected chi connectivity index (χ0v) is 9.60. The van der Waals surface area contributed by atoms with Crippen LogP contribution in [0.25, 0.3) is 0 Å². The van der Waals surface area contributed by atoms with Gasteiger partial charge in [0, 0.05) is 5.69 Å². The molecule has 0 aliphatic carbocycles.